The van der Waals surface area contributed by atoms with Gasteiger partial charge in [0.15, 0.2) is 13.9 Å². The van der Waals surface area contributed by atoms with E-state index in [-0.39, 0.29) is 29.9 Å². The van der Waals surface area contributed by atoms with Gasteiger partial charge in [-0.2, -0.15) is 0 Å². The molecular formula is C26H33N3O5Si. The predicted molar refractivity (Wildman–Crippen MR) is 139 cm³/mol. The van der Waals surface area contributed by atoms with E-state index in [1.807, 2.05) is 20.0 Å². The lowest BCUT2D eigenvalue weighted by Crippen LogP contribution is -2.46. The van der Waals surface area contributed by atoms with Gasteiger partial charge in [-0.3, -0.25) is 9.59 Å². The van der Waals surface area contributed by atoms with Gasteiger partial charge in [0.1, 0.15) is 0 Å². The number of aliphatic hydroxyl groups is 1. The maximum absolute atomic E-state index is 13.9. The van der Waals surface area contributed by atoms with E-state index in [2.05, 4.69) is 11.9 Å². The molecule has 8 nitrogen and oxygen atoms in total. The molecule has 2 aromatic rings. The summed E-state index contributed by atoms with van der Waals surface area (Å²) in [5.41, 5.74) is 7.03. The Bertz CT molecular complexity index is 1150. The van der Waals surface area contributed by atoms with Crippen LogP contribution in [-0.4, -0.2) is 49.3 Å². The monoisotopic (exact) mass is 495 g/mol. The van der Waals surface area contributed by atoms with E-state index in [9.17, 15) is 19.5 Å². The van der Waals surface area contributed by atoms with E-state index < -0.39 is 20.0 Å². The highest BCUT2D eigenvalue weighted by Crippen LogP contribution is 2.59. The van der Waals surface area contributed by atoms with Crippen LogP contribution in [0.15, 0.2) is 55.1 Å². The molecule has 0 bridgehead atoms. The number of nitrogen functional groups attached to an aromatic ring is 1. The zero-order chi connectivity index (χ0) is 25.5. The summed E-state index contributed by atoms with van der Waals surface area (Å²) in [6.07, 6.45) is 1.52. The largest absolute Gasteiger partial charge is 0.432 e. The van der Waals surface area contributed by atoms with Crippen LogP contribution in [0.1, 0.15) is 29.3 Å². The van der Waals surface area contributed by atoms with Crippen molar-refractivity contribution >= 4 is 37.2 Å². The van der Waals surface area contributed by atoms with E-state index in [1.165, 1.54) is 0 Å². The van der Waals surface area contributed by atoms with Gasteiger partial charge < -0.3 is 30.6 Å². The Morgan fingerprint density at radius 2 is 1.97 bits per heavy atom. The second-order valence-electron chi connectivity index (χ2n) is 9.88. The first-order valence-corrected chi connectivity index (χ1v) is 14.8. The molecule has 0 radical (unpaired) electrons. The fraction of sp³-hybridized carbons (Fsp3) is 0.385. The second kappa shape index (κ2) is 9.23. The minimum Gasteiger partial charge on any atom is -0.432 e. The quantitative estimate of drug-likeness (QED) is 0.266. The highest BCUT2D eigenvalue weighted by atomic mass is 28.4. The van der Waals surface area contributed by atoms with Crippen molar-refractivity contribution in [1.82, 2.24) is 0 Å². The molecule has 4 rings (SSSR count). The van der Waals surface area contributed by atoms with Crippen molar-refractivity contribution in [3.05, 3.63) is 66.2 Å². The van der Waals surface area contributed by atoms with Crippen molar-refractivity contribution in [3.8, 4) is 0 Å². The average Bonchev–Trinajstić information content (AvgIpc) is 3.22. The summed E-state index contributed by atoms with van der Waals surface area (Å²) < 4.78 is 6.54. The molecule has 5 N–H and O–H groups in total. The Morgan fingerprint density at radius 1 is 1.29 bits per heavy atom. The summed E-state index contributed by atoms with van der Waals surface area (Å²) in [5, 5.41) is 12.6. The van der Waals surface area contributed by atoms with Gasteiger partial charge in [0.25, 0.3) is 11.8 Å². The number of benzene rings is 2. The minimum absolute atomic E-state index is 0.108. The molecule has 0 aromatic heterocycles. The number of fused-ring (bicyclic) bond motifs is 2. The highest BCUT2D eigenvalue weighted by molar-refractivity contribution is 6.71. The molecule has 2 aromatic carbocycles. The molecule has 0 unspecified atom stereocenters. The molecule has 2 aliphatic rings. The molecule has 2 amide bonds. The first-order valence-electron chi connectivity index (χ1n) is 11.8. The third-order valence-corrected chi connectivity index (χ3v) is 9.64. The van der Waals surface area contributed by atoms with Crippen LogP contribution in [0.25, 0.3) is 0 Å². The Labute approximate surface area is 206 Å². The van der Waals surface area contributed by atoms with Crippen LogP contribution in [0.5, 0.6) is 0 Å². The van der Waals surface area contributed by atoms with E-state index >= 15 is 0 Å². The molecule has 1 saturated heterocycles. The number of hydrogen-bond donors (Lipinski definition) is 4. The minimum atomic E-state index is -2.77. The second-order valence-corrected chi connectivity index (χ2v) is 13.9. The predicted octanol–water partition coefficient (Wildman–Crippen LogP) is 3.23. The van der Waals surface area contributed by atoms with Crippen LogP contribution in [0, 0.1) is 5.92 Å². The number of hydrogen-bond acceptors (Lipinski definition) is 6. The van der Waals surface area contributed by atoms with Crippen molar-refractivity contribution in [1.29, 1.82) is 0 Å². The number of rotatable bonds is 7. The van der Waals surface area contributed by atoms with Gasteiger partial charge in [-0.15, -0.1) is 6.58 Å². The van der Waals surface area contributed by atoms with Crippen molar-refractivity contribution in [2.24, 2.45) is 5.92 Å². The van der Waals surface area contributed by atoms with Crippen molar-refractivity contribution in [3.63, 3.8) is 0 Å². The summed E-state index contributed by atoms with van der Waals surface area (Å²) >= 11 is 0. The topological polar surface area (TPSA) is 125 Å². The SMILES string of the molecule is C=CCN1C(=O)[C@]2(O[C@H](CCO)[C@@H]([Si](C)(C)O)[C@@H]2C)c2cc(NC(=O)c3ccc(N)cc3)ccc21. The number of nitrogens with zero attached hydrogens (tertiary/aromatic N) is 1. The zero-order valence-electron chi connectivity index (χ0n) is 20.3. The maximum atomic E-state index is 13.9. The molecule has 0 saturated carbocycles. The number of ether oxygens (including phenoxy) is 1. The lowest BCUT2D eigenvalue weighted by Gasteiger charge is -2.32. The van der Waals surface area contributed by atoms with Crippen LogP contribution < -0.4 is 16.0 Å². The van der Waals surface area contributed by atoms with Gasteiger partial charge in [0.05, 0.1) is 11.8 Å². The Morgan fingerprint density at radius 3 is 2.57 bits per heavy atom. The summed E-state index contributed by atoms with van der Waals surface area (Å²) in [6.45, 7) is 9.60. The third-order valence-electron chi connectivity index (χ3n) is 7.14. The Kier molecular flexibility index (Phi) is 6.63. The van der Waals surface area contributed by atoms with Crippen LogP contribution >= 0.6 is 0 Å². The summed E-state index contributed by atoms with van der Waals surface area (Å²) in [7, 11) is -2.77. The van der Waals surface area contributed by atoms with Gasteiger partial charge in [-0.25, -0.2) is 0 Å². The van der Waals surface area contributed by atoms with E-state index in [4.69, 9.17) is 10.5 Å². The smallest absolute Gasteiger partial charge is 0.264 e. The van der Waals surface area contributed by atoms with E-state index in [1.54, 1.807) is 53.4 Å². The van der Waals surface area contributed by atoms with Gasteiger partial charge in [0, 0.05) is 47.1 Å². The third kappa shape index (κ3) is 4.18. The van der Waals surface area contributed by atoms with E-state index in [0.717, 1.165) is 0 Å². The molecule has 186 valence electrons. The van der Waals surface area contributed by atoms with Crippen LogP contribution in [0.4, 0.5) is 17.1 Å². The van der Waals surface area contributed by atoms with Crippen molar-refractivity contribution in [2.75, 3.05) is 29.1 Å². The molecule has 0 aliphatic carbocycles. The molecule has 2 heterocycles. The Hall–Kier alpha value is -2.98. The fourth-order valence-electron chi connectivity index (χ4n) is 5.70. The summed E-state index contributed by atoms with van der Waals surface area (Å²) in [4.78, 5) is 39.5. The number of amides is 2. The Balaban J connectivity index is 1.78. The molecule has 4 atom stereocenters. The van der Waals surface area contributed by atoms with Gasteiger partial charge in [-0.05, 0) is 62.0 Å². The molecule has 1 fully saturated rings. The molecule has 1 spiro atoms. The zero-order valence-corrected chi connectivity index (χ0v) is 21.3. The van der Waals surface area contributed by atoms with Crippen molar-refractivity contribution < 1.29 is 24.2 Å². The van der Waals surface area contributed by atoms with Gasteiger partial charge in [-0.1, -0.05) is 13.0 Å². The van der Waals surface area contributed by atoms with E-state index in [0.29, 0.717) is 41.2 Å². The molecule has 35 heavy (non-hydrogen) atoms. The van der Waals surface area contributed by atoms with Crippen LogP contribution in [0.2, 0.25) is 18.6 Å². The molecular weight excluding hydrogens is 462 g/mol. The van der Waals surface area contributed by atoms with Gasteiger partial charge >= 0.3 is 0 Å². The van der Waals surface area contributed by atoms with Crippen LogP contribution in [-0.2, 0) is 15.1 Å². The van der Waals surface area contributed by atoms with Crippen molar-refractivity contribution in [2.45, 2.75) is 43.7 Å². The summed E-state index contributed by atoms with van der Waals surface area (Å²) in [6, 6.07) is 12.0. The van der Waals surface area contributed by atoms with Gasteiger partial charge in [0.2, 0.25) is 0 Å². The molecule has 2 aliphatic heterocycles. The number of anilines is 3. The summed E-state index contributed by atoms with van der Waals surface area (Å²) in [5.74, 6) is -0.855. The number of carbonyl (C=O) groups is 2. The number of aliphatic hydroxyl groups excluding tert-OH is 1. The first-order chi connectivity index (χ1) is 16.5. The lowest BCUT2D eigenvalue weighted by molar-refractivity contribution is -0.146. The number of nitrogens with one attached hydrogen (secondary N) is 1. The van der Waals surface area contributed by atoms with Crippen LogP contribution in [0.3, 0.4) is 0 Å². The molecule has 9 heteroatoms. The number of carbonyl (C=O) groups excluding carboxylic acids is 2. The number of nitrogens with two attached hydrogens (primary N) is 1. The maximum Gasteiger partial charge on any atom is 0.264 e. The highest BCUT2D eigenvalue weighted by Gasteiger charge is 2.66. The normalized spacial score (nSPS) is 25.7. The fourth-order valence-corrected chi connectivity index (χ4v) is 8.30. The average molecular weight is 496 g/mol. The first kappa shape index (κ1) is 25.1. The lowest BCUT2D eigenvalue weighted by atomic mass is 9.82. The standard InChI is InChI=1S/C26H33N3O5Si/c1-5-13-29-21-11-10-19(28-24(31)17-6-8-18(27)9-7-17)15-20(21)26(25(29)32)16(2)23(35(3,4)33)22(34-26)12-14-30/h5-11,15-16,22-23,30,33H,1,12-14,27H2,2-4H3,(H,28,31)/t16-,22+,23-,26+/m0/s1.